The molecule has 0 aliphatic carbocycles. The predicted molar refractivity (Wildman–Crippen MR) is 55.3 cm³/mol. The highest BCUT2D eigenvalue weighted by Crippen LogP contribution is 2.22. The summed E-state index contributed by atoms with van der Waals surface area (Å²) in [5.41, 5.74) is 0. The third kappa shape index (κ3) is 5.17. The maximum atomic E-state index is 11.9. The summed E-state index contributed by atoms with van der Waals surface area (Å²) in [7, 11) is 0. The zero-order valence-electron chi connectivity index (χ0n) is 8.39. The third-order valence-corrected chi connectivity index (χ3v) is 3.18. The summed E-state index contributed by atoms with van der Waals surface area (Å²) in [4.78, 5) is 2.06. The van der Waals surface area contributed by atoms with Crippen LogP contribution < -0.4 is 0 Å². The van der Waals surface area contributed by atoms with Crippen molar-refractivity contribution in [3.63, 3.8) is 0 Å². The fraction of sp³-hybridized carbons (Fsp3) is 1.00. The molecule has 0 saturated carbocycles. The molecule has 1 heterocycles. The molecule has 2 nitrogen and oxygen atoms in total. The first kappa shape index (κ1) is 13.3. The summed E-state index contributed by atoms with van der Waals surface area (Å²) >= 11 is 3.34. The van der Waals surface area contributed by atoms with Crippen molar-refractivity contribution in [2.24, 2.45) is 0 Å². The highest BCUT2D eigenvalue weighted by atomic mass is 79.9. The normalized spacial score (nSPS) is 24.4. The average Bonchev–Trinajstić information content (AvgIpc) is 2.16. The molecule has 0 N–H and O–H groups in total. The molecule has 1 rings (SSSR count). The zero-order valence-corrected chi connectivity index (χ0v) is 9.98. The van der Waals surface area contributed by atoms with Gasteiger partial charge in [0, 0.05) is 24.3 Å². The number of rotatable bonds is 4. The maximum Gasteiger partial charge on any atom is 0.389 e. The van der Waals surface area contributed by atoms with E-state index in [-0.39, 0.29) is 12.5 Å². The van der Waals surface area contributed by atoms with Gasteiger partial charge < -0.3 is 4.74 Å². The van der Waals surface area contributed by atoms with Gasteiger partial charge in [0.15, 0.2) is 0 Å². The number of hydrogen-bond acceptors (Lipinski definition) is 2. The van der Waals surface area contributed by atoms with Gasteiger partial charge in [0.25, 0.3) is 0 Å². The van der Waals surface area contributed by atoms with Gasteiger partial charge in [-0.25, -0.2) is 0 Å². The molecule has 0 aromatic carbocycles. The van der Waals surface area contributed by atoms with Gasteiger partial charge in [-0.3, -0.25) is 4.90 Å². The average molecular weight is 290 g/mol. The van der Waals surface area contributed by atoms with E-state index in [1.807, 2.05) is 0 Å². The second-order valence-electron chi connectivity index (χ2n) is 3.64. The van der Waals surface area contributed by atoms with Crippen molar-refractivity contribution in [1.82, 2.24) is 4.90 Å². The summed E-state index contributed by atoms with van der Waals surface area (Å²) < 4.78 is 41.1. The van der Waals surface area contributed by atoms with Gasteiger partial charge in [0.1, 0.15) is 0 Å². The summed E-state index contributed by atoms with van der Waals surface area (Å²) in [6.07, 6.45) is -4.55. The monoisotopic (exact) mass is 289 g/mol. The van der Waals surface area contributed by atoms with E-state index in [9.17, 15) is 13.2 Å². The Balaban J connectivity index is 2.23. The van der Waals surface area contributed by atoms with E-state index in [0.29, 0.717) is 19.8 Å². The Bertz CT molecular complexity index is 189. The Morgan fingerprint density at radius 1 is 1.40 bits per heavy atom. The predicted octanol–water partition coefficient (Wildman–Crippen LogP) is 2.42. The van der Waals surface area contributed by atoms with Gasteiger partial charge in [0.2, 0.25) is 0 Å². The summed E-state index contributed by atoms with van der Waals surface area (Å²) in [6, 6.07) is 0.215. The van der Waals surface area contributed by atoms with Crippen molar-refractivity contribution in [2.75, 3.05) is 31.6 Å². The number of ether oxygens (including phenoxy) is 1. The summed E-state index contributed by atoms with van der Waals surface area (Å²) in [5, 5.41) is 0.749. The third-order valence-electron chi connectivity index (χ3n) is 2.43. The first-order valence-electron chi connectivity index (χ1n) is 4.97. The maximum absolute atomic E-state index is 11.9. The van der Waals surface area contributed by atoms with Crippen molar-refractivity contribution < 1.29 is 17.9 Å². The zero-order chi connectivity index (χ0) is 11.3. The van der Waals surface area contributed by atoms with E-state index in [1.165, 1.54) is 0 Å². The van der Waals surface area contributed by atoms with Gasteiger partial charge in [-0.05, 0) is 13.0 Å². The SMILES string of the molecule is FC(F)(F)CCCN1CCOCC1CBr. The molecule has 0 amide bonds. The first-order chi connectivity index (χ1) is 7.03. The molecule has 1 fully saturated rings. The van der Waals surface area contributed by atoms with Crippen molar-refractivity contribution in [3.8, 4) is 0 Å². The molecule has 1 unspecified atom stereocenters. The highest BCUT2D eigenvalue weighted by molar-refractivity contribution is 9.09. The second-order valence-corrected chi connectivity index (χ2v) is 4.29. The molecule has 1 aliphatic rings. The van der Waals surface area contributed by atoms with E-state index in [0.717, 1.165) is 11.9 Å². The second kappa shape index (κ2) is 6.06. The van der Waals surface area contributed by atoms with Gasteiger partial charge >= 0.3 is 6.18 Å². The van der Waals surface area contributed by atoms with Crippen LogP contribution in [0.2, 0.25) is 0 Å². The van der Waals surface area contributed by atoms with Crippen LogP contribution in [0.3, 0.4) is 0 Å². The van der Waals surface area contributed by atoms with E-state index in [1.54, 1.807) is 0 Å². The fourth-order valence-corrected chi connectivity index (χ4v) is 2.20. The molecule has 90 valence electrons. The standard InChI is InChI=1S/C9H15BrF3NO/c10-6-8-7-15-5-4-14(8)3-1-2-9(11,12)13/h8H,1-7H2. The Labute approximate surface area is 95.9 Å². The molecule has 6 heteroatoms. The molecule has 0 spiro atoms. The molecule has 0 radical (unpaired) electrons. The minimum Gasteiger partial charge on any atom is -0.378 e. The molecule has 0 aromatic rings. The Kier molecular flexibility index (Phi) is 5.35. The van der Waals surface area contributed by atoms with Crippen LogP contribution in [-0.4, -0.2) is 48.8 Å². The topological polar surface area (TPSA) is 12.5 Å². The van der Waals surface area contributed by atoms with Crippen molar-refractivity contribution >= 4 is 15.9 Å². The van der Waals surface area contributed by atoms with Crippen LogP contribution in [-0.2, 0) is 4.74 Å². The van der Waals surface area contributed by atoms with Crippen molar-refractivity contribution in [1.29, 1.82) is 0 Å². The quantitative estimate of drug-likeness (QED) is 0.737. The van der Waals surface area contributed by atoms with Gasteiger partial charge in [-0.15, -0.1) is 0 Å². The van der Waals surface area contributed by atoms with Crippen LogP contribution in [0.1, 0.15) is 12.8 Å². The molecule has 15 heavy (non-hydrogen) atoms. The molecular formula is C9H15BrF3NO. The van der Waals surface area contributed by atoms with Crippen LogP contribution in [0.15, 0.2) is 0 Å². The summed E-state index contributed by atoms with van der Waals surface area (Å²) in [6.45, 7) is 2.46. The fourth-order valence-electron chi connectivity index (χ4n) is 1.61. The molecular weight excluding hydrogens is 275 g/mol. The number of hydrogen-bond donors (Lipinski definition) is 0. The van der Waals surface area contributed by atoms with Gasteiger partial charge in [-0.2, -0.15) is 13.2 Å². The number of nitrogens with zero attached hydrogens (tertiary/aromatic N) is 1. The van der Waals surface area contributed by atoms with Crippen molar-refractivity contribution in [2.45, 2.75) is 25.1 Å². The lowest BCUT2D eigenvalue weighted by Gasteiger charge is -2.34. The van der Waals surface area contributed by atoms with Crippen LogP contribution in [0.5, 0.6) is 0 Å². The minimum atomic E-state index is -4.03. The van der Waals surface area contributed by atoms with Crippen molar-refractivity contribution in [3.05, 3.63) is 0 Å². The highest BCUT2D eigenvalue weighted by Gasteiger charge is 2.28. The Morgan fingerprint density at radius 3 is 2.73 bits per heavy atom. The smallest absolute Gasteiger partial charge is 0.378 e. The van der Waals surface area contributed by atoms with E-state index < -0.39 is 12.6 Å². The van der Waals surface area contributed by atoms with Crippen LogP contribution >= 0.6 is 15.9 Å². The Hall–Kier alpha value is 0.190. The molecule has 1 saturated heterocycles. The lowest BCUT2D eigenvalue weighted by atomic mass is 10.2. The molecule has 0 bridgehead atoms. The Morgan fingerprint density at radius 2 is 2.13 bits per heavy atom. The number of alkyl halides is 4. The first-order valence-corrected chi connectivity index (χ1v) is 6.09. The number of morpholine rings is 1. The summed E-state index contributed by atoms with van der Waals surface area (Å²) in [5.74, 6) is 0. The molecule has 0 aromatic heterocycles. The van der Waals surface area contributed by atoms with Gasteiger partial charge in [0.05, 0.1) is 13.2 Å². The minimum absolute atomic E-state index is 0.174. The van der Waals surface area contributed by atoms with Crippen LogP contribution in [0, 0.1) is 0 Å². The number of halogens is 4. The van der Waals surface area contributed by atoms with E-state index >= 15 is 0 Å². The van der Waals surface area contributed by atoms with Gasteiger partial charge in [-0.1, -0.05) is 15.9 Å². The molecule has 1 atom stereocenters. The lowest BCUT2D eigenvalue weighted by Crippen LogP contribution is -2.46. The van der Waals surface area contributed by atoms with Crippen LogP contribution in [0.25, 0.3) is 0 Å². The molecule has 1 aliphatic heterocycles. The van der Waals surface area contributed by atoms with E-state index in [4.69, 9.17) is 4.74 Å². The van der Waals surface area contributed by atoms with E-state index in [2.05, 4.69) is 20.8 Å². The largest absolute Gasteiger partial charge is 0.389 e. The lowest BCUT2D eigenvalue weighted by molar-refractivity contribution is -0.137. The van der Waals surface area contributed by atoms with Crippen LogP contribution in [0.4, 0.5) is 13.2 Å².